The maximum atomic E-state index is 10.6. The number of hydrogen-bond donors (Lipinski definition) is 2. The highest BCUT2D eigenvalue weighted by molar-refractivity contribution is 5.77. The summed E-state index contributed by atoms with van der Waals surface area (Å²) in [6, 6.07) is 0.0301. The fourth-order valence-electron chi connectivity index (χ4n) is 1.34. The van der Waals surface area contributed by atoms with Crippen LogP contribution in [0.5, 0.6) is 0 Å². The molecule has 0 aromatic rings. The van der Waals surface area contributed by atoms with Crippen molar-refractivity contribution in [1.29, 1.82) is 0 Å². The molecule has 1 aliphatic rings. The normalized spacial score (nSPS) is 34.8. The Balaban J connectivity index is 2.49. The largest absolute Gasteiger partial charge is 0.369 e. The summed E-state index contributed by atoms with van der Waals surface area (Å²) in [6.45, 7) is 0. The van der Waals surface area contributed by atoms with Gasteiger partial charge >= 0.3 is 0 Å². The Morgan fingerprint density at radius 2 is 2.11 bits per heavy atom. The van der Waals surface area contributed by atoms with Gasteiger partial charge in [0, 0.05) is 6.04 Å². The Kier molecular flexibility index (Phi) is 1.71. The third kappa shape index (κ3) is 1.21. The monoisotopic (exact) mass is 128 g/mol. The smallest absolute Gasteiger partial charge is 0.222 e. The van der Waals surface area contributed by atoms with Gasteiger partial charge in [-0.15, -0.1) is 0 Å². The Bertz CT molecular complexity index is 124. The van der Waals surface area contributed by atoms with E-state index in [0.717, 1.165) is 19.3 Å². The van der Waals surface area contributed by atoms with E-state index >= 15 is 0 Å². The number of carbonyl (C=O) groups is 1. The molecule has 1 aliphatic carbocycles. The van der Waals surface area contributed by atoms with Crippen LogP contribution >= 0.6 is 0 Å². The number of hydrogen-bond acceptors (Lipinski definition) is 2. The molecule has 0 spiro atoms. The van der Waals surface area contributed by atoms with Gasteiger partial charge < -0.3 is 11.5 Å². The van der Waals surface area contributed by atoms with Crippen molar-refractivity contribution in [2.24, 2.45) is 17.4 Å². The molecule has 0 heterocycles. The fraction of sp³-hybridized carbons (Fsp3) is 0.833. The summed E-state index contributed by atoms with van der Waals surface area (Å²) in [5.74, 6) is -0.287. The van der Waals surface area contributed by atoms with Crippen molar-refractivity contribution in [3.8, 4) is 0 Å². The minimum Gasteiger partial charge on any atom is -0.369 e. The molecule has 0 radical (unpaired) electrons. The minimum atomic E-state index is -0.236. The van der Waals surface area contributed by atoms with Crippen LogP contribution in [0.4, 0.5) is 0 Å². The number of amides is 1. The van der Waals surface area contributed by atoms with E-state index in [4.69, 9.17) is 11.5 Å². The zero-order valence-corrected chi connectivity index (χ0v) is 5.34. The molecule has 3 nitrogen and oxygen atoms in total. The second-order valence-corrected chi connectivity index (χ2v) is 2.60. The van der Waals surface area contributed by atoms with Gasteiger partial charge in [-0.05, 0) is 12.8 Å². The molecule has 0 unspecified atom stereocenters. The van der Waals surface area contributed by atoms with Crippen LogP contribution in [0.1, 0.15) is 19.3 Å². The lowest BCUT2D eigenvalue weighted by molar-refractivity contribution is -0.121. The van der Waals surface area contributed by atoms with E-state index in [1.165, 1.54) is 0 Å². The molecule has 1 amide bonds. The van der Waals surface area contributed by atoms with Gasteiger partial charge in [0.2, 0.25) is 5.91 Å². The third-order valence-electron chi connectivity index (χ3n) is 1.93. The lowest BCUT2D eigenvalue weighted by atomic mass is 10.0. The third-order valence-corrected chi connectivity index (χ3v) is 1.93. The zero-order chi connectivity index (χ0) is 6.85. The van der Waals surface area contributed by atoms with Crippen LogP contribution in [-0.4, -0.2) is 11.9 Å². The Morgan fingerprint density at radius 1 is 1.44 bits per heavy atom. The molecule has 1 saturated carbocycles. The van der Waals surface area contributed by atoms with Gasteiger partial charge in [0.05, 0.1) is 5.92 Å². The standard InChI is InChI=1S/C6H12N2O/c7-5-3-1-2-4(5)6(8)9/h4-5H,1-3,7H2,(H2,8,9)/t4-,5-/m0/s1. The lowest BCUT2D eigenvalue weighted by Gasteiger charge is -2.08. The summed E-state index contributed by atoms with van der Waals surface area (Å²) in [5.41, 5.74) is 10.6. The van der Waals surface area contributed by atoms with Crippen LogP contribution in [0, 0.1) is 5.92 Å². The molecule has 0 bridgehead atoms. The van der Waals surface area contributed by atoms with Crippen LogP contribution in [-0.2, 0) is 4.79 Å². The summed E-state index contributed by atoms with van der Waals surface area (Å²) < 4.78 is 0. The number of primary amides is 1. The Labute approximate surface area is 54.4 Å². The van der Waals surface area contributed by atoms with Gasteiger partial charge in [-0.3, -0.25) is 4.79 Å². The molecular formula is C6H12N2O. The summed E-state index contributed by atoms with van der Waals surface area (Å²) in [5, 5.41) is 0. The van der Waals surface area contributed by atoms with Gasteiger partial charge in [0.1, 0.15) is 0 Å². The second-order valence-electron chi connectivity index (χ2n) is 2.60. The Hall–Kier alpha value is -0.570. The lowest BCUT2D eigenvalue weighted by Crippen LogP contribution is -2.34. The van der Waals surface area contributed by atoms with Crippen molar-refractivity contribution in [3.63, 3.8) is 0 Å². The van der Waals surface area contributed by atoms with Crippen LogP contribution in [0.15, 0.2) is 0 Å². The van der Waals surface area contributed by atoms with Crippen molar-refractivity contribution < 1.29 is 4.79 Å². The van der Waals surface area contributed by atoms with Gasteiger partial charge in [-0.1, -0.05) is 6.42 Å². The highest BCUT2D eigenvalue weighted by atomic mass is 16.1. The SMILES string of the molecule is NC(=O)[C@H]1CCC[C@@H]1N. The summed E-state index contributed by atoms with van der Waals surface area (Å²) in [7, 11) is 0. The Morgan fingerprint density at radius 3 is 2.33 bits per heavy atom. The summed E-state index contributed by atoms with van der Waals surface area (Å²) in [4.78, 5) is 10.6. The van der Waals surface area contributed by atoms with E-state index in [1.54, 1.807) is 0 Å². The first kappa shape index (κ1) is 6.55. The van der Waals surface area contributed by atoms with Gasteiger partial charge in [-0.2, -0.15) is 0 Å². The molecule has 1 fully saturated rings. The summed E-state index contributed by atoms with van der Waals surface area (Å²) in [6.07, 6.45) is 2.89. The number of rotatable bonds is 1. The van der Waals surface area contributed by atoms with Crippen LogP contribution in [0.3, 0.4) is 0 Å². The van der Waals surface area contributed by atoms with Crippen molar-refractivity contribution >= 4 is 5.91 Å². The maximum absolute atomic E-state index is 10.6. The minimum absolute atomic E-state index is 0.0301. The molecule has 4 N–H and O–H groups in total. The number of nitrogens with two attached hydrogens (primary N) is 2. The molecule has 1 rings (SSSR count). The van der Waals surface area contributed by atoms with Crippen molar-refractivity contribution in [2.75, 3.05) is 0 Å². The molecule has 0 aromatic heterocycles. The molecule has 3 heteroatoms. The quantitative estimate of drug-likeness (QED) is 0.504. The predicted molar refractivity (Wildman–Crippen MR) is 34.5 cm³/mol. The molecule has 0 aromatic carbocycles. The maximum Gasteiger partial charge on any atom is 0.222 e. The van der Waals surface area contributed by atoms with Crippen molar-refractivity contribution in [1.82, 2.24) is 0 Å². The average molecular weight is 128 g/mol. The number of carbonyl (C=O) groups excluding carboxylic acids is 1. The fourth-order valence-corrected chi connectivity index (χ4v) is 1.34. The van der Waals surface area contributed by atoms with E-state index in [9.17, 15) is 4.79 Å². The first-order chi connectivity index (χ1) is 4.22. The predicted octanol–water partition coefficient (Wildman–Crippen LogP) is -0.401. The zero-order valence-electron chi connectivity index (χ0n) is 5.34. The molecule has 9 heavy (non-hydrogen) atoms. The van der Waals surface area contributed by atoms with Crippen molar-refractivity contribution in [3.05, 3.63) is 0 Å². The van der Waals surface area contributed by atoms with E-state index in [-0.39, 0.29) is 17.9 Å². The van der Waals surface area contributed by atoms with Crippen molar-refractivity contribution in [2.45, 2.75) is 25.3 Å². The highest BCUT2D eigenvalue weighted by Crippen LogP contribution is 2.22. The molecule has 0 saturated heterocycles. The van der Waals surface area contributed by atoms with E-state index in [0.29, 0.717) is 0 Å². The summed E-state index contributed by atoms with van der Waals surface area (Å²) >= 11 is 0. The van der Waals surface area contributed by atoms with Crippen LogP contribution in [0.2, 0.25) is 0 Å². The van der Waals surface area contributed by atoms with E-state index < -0.39 is 0 Å². The molecule has 52 valence electrons. The average Bonchev–Trinajstić information content (AvgIpc) is 2.13. The van der Waals surface area contributed by atoms with Gasteiger partial charge in [0.15, 0.2) is 0 Å². The second kappa shape index (κ2) is 2.35. The molecule has 2 atom stereocenters. The van der Waals surface area contributed by atoms with E-state index in [2.05, 4.69) is 0 Å². The van der Waals surface area contributed by atoms with Gasteiger partial charge in [0.25, 0.3) is 0 Å². The molecular weight excluding hydrogens is 116 g/mol. The van der Waals surface area contributed by atoms with Crippen LogP contribution in [0.25, 0.3) is 0 Å². The first-order valence-electron chi connectivity index (χ1n) is 3.26. The van der Waals surface area contributed by atoms with E-state index in [1.807, 2.05) is 0 Å². The molecule has 0 aliphatic heterocycles. The highest BCUT2D eigenvalue weighted by Gasteiger charge is 2.27. The first-order valence-corrected chi connectivity index (χ1v) is 3.26. The topological polar surface area (TPSA) is 69.1 Å². The van der Waals surface area contributed by atoms with Gasteiger partial charge in [-0.25, -0.2) is 0 Å². The van der Waals surface area contributed by atoms with Crippen LogP contribution < -0.4 is 11.5 Å².